The first-order chi connectivity index (χ1) is 15.6. The quantitative estimate of drug-likeness (QED) is 0.365. The Morgan fingerprint density at radius 2 is 1.53 bits per heavy atom. The maximum atomic E-state index is 6.03. The van der Waals surface area contributed by atoms with Crippen LogP contribution in [-0.4, -0.2) is 24.4 Å². The van der Waals surface area contributed by atoms with Crippen molar-refractivity contribution in [2.24, 2.45) is 0 Å². The summed E-state index contributed by atoms with van der Waals surface area (Å²) in [5, 5.41) is 11.8. The van der Waals surface area contributed by atoms with Gasteiger partial charge in [-0.15, -0.1) is 10.2 Å². The monoisotopic (exact) mass is 431 g/mol. The van der Waals surface area contributed by atoms with Gasteiger partial charge in [-0.1, -0.05) is 17.7 Å². The van der Waals surface area contributed by atoms with Crippen LogP contribution in [0.3, 0.4) is 0 Å². The molecule has 0 aliphatic carbocycles. The third kappa shape index (κ3) is 4.83. The molecule has 164 valence electrons. The molecule has 0 aliphatic rings. The van der Waals surface area contributed by atoms with Crippen molar-refractivity contribution in [1.29, 1.82) is 0 Å². The van der Waals surface area contributed by atoms with Crippen LogP contribution in [0.4, 0.5) is 5.69 Å². The number of ether oxygens (including phenoxy) is 3. The van der Waals surface area contributed by atoms with Crippen LogP contribution in [-0.2, 0) is 0 Å². The molecule has 0 aliphatic heterocycles. The number of benzene rings is 3. The topological polar surface area (TPSA) is 78.6 Å². The zero-order valence-electron chi connectivity index (χ0n) is 18.5. The van der Waals surface area contributed by atoms with Crippen LogP contribution in [0.2, 0.25) is 0 Å². The van der Waals surface area contributed by atoms with Gasteiger partial charge in [-0.25, -0.2) is 0 Å². The second kappa shape index (κ2) is 9.43. The van der Waals surface area contributed by atoms with Crippen molar-refractivity contribution in [2.45, 2.75) is 19.9 Å². The molecule has 0 spiro atoms. The number of methoxy groups -OCH3 is 2. The fourth-order valence-electron chi connectivity index (χ4n) is 3.15. The standard InChI is InChI=1S/C25H25N3O4/c1-16-5-7-18(8-6-16)25-28-27-24(32-25)17(2)26-19-9-14-22(30-4)23(15-19)31-21-12-10-20(29-3)11-13-21/h5-15,17,26H,1-4H3. The first-order valence-corrected chi connectivity index (χ1v) is 10.2. The van der Waals surface area contributed by atoms with Crippen molar-refractivity contribution >= 4 is 5.69 Å². The lowest BCUT2D eigenvalue weighted by atomic mass is 10.1. The maximum absolute atomic E-state index is 6.03. The summed E-state index contributed by atoms with van der Waals surface area (Å²) in [5.41, 5.74) is 2.90. The summed E-state index contributed by atoms with van der Waals surface area (Å²) >= 11 is 0. The second-order valence-electron chi connectivity index (χ2n) is 7.32. The van der Waals surface area contributed by atoms with Gasteiger partial charge < -0.3 is 23.9 Å². The number of rotatable bonds is 8. The number of hydrogen-bond donors (Lipinski definition) is 1. The van der Waals surface area contributed by atoms with Crippen LogP contribution < -0.4 is 19.5 Å². The molecule has 3 aromatic carbocycles. The minimum absolute atomic E-state index is 0.205. The summed E-state index contributed by atoms with van der Waals surface area (Å²) in [7, 11) is 3.24. The molecular weight excluding hydrogens is 406 g/mol. The van der Waals surface area contributed by atoms with Crippen molar-refractivity contribution in [1.82, 2.24) is 10.2 Å². The summed E-state index contributed by atoms with van der Waals surface area (Å²) in [4.78, 5) is 0. The van der Waals surface area contributed by atoms with E-state index in [1.165, 1.54) is 5.56 Å². The smallest absolute Gasteiger partial charge is 0.247 e. The van der Waals surface area contributed by atoms with E-state index in [1.807, 2.05) is 80.6 Å². The summed E-state index contributed by atoms with van der Waals surface area (Å²) < 4.78 is 22.6. The molecule has 0 saturated carbocycles. The van der Waals surface area contributed by atoms with Gasteiger partial charge in [-0.3, -0.25) is 0 Å². The normalized spacial score (nSPS) is 11.6. The summed E-state index contributed by atoms with van der Waals surface area (Å²) in [6, 6.07) is 20.8. The Bertz CT molecular complexity index is 1170. The third-order valence-electron chi connectivity index (χ3n) is 4.94. The van der Waals surface area contributed by atoms with E-state index in [9.17, 15) is 0 Å². The maximum Gasteiger partial charge on any atom is 0.247 e. The molecule has 0 bridgehead atoms. The van der Waals surface area contributed by atoms with Gasteiger partial charge in [0.25, 0.3) is 0 Å². The number of aryl methyl sites for hydroxylation is 1. The van der Waals surface area contributed by atoms with E-state index >= 15 is 0 Å². The number of anilines is 1. The highest BCUT2D eigenvalue weighted by molar-refractivity contribution is 5.57. The van der Waals surface area contributed by atoms with E-state index in [2.05, 4.69) is 15.5 Å². The molecule has 0 amide bonds. The van der Waals surface area contributed by atoms with Crippen LogP contribution in [0, 0.1) is 6.92 Å². The molecule has 7 heteroatoms. The first-order valence-electron chi connectivity index (χ1n) is 10.2. The fraction of sp³-hybridized carbons (Fsp3) is 0.200. The highest BCUT2D eigenvalue weighted by Crippen LogP contribution is 2.35. The zero-order chi connectivity index (χ0) is 22.5. The average molecular weight is 431 g/mol. The van der Waals surface area contributed by atoms with Crippen molar-refractivity contribution in [3.8, 4) is 34.5 Å². The molecule has 4 rings (SSSR count). The van der Waals surface area contributed by atoms with Crippen LogP contribution in [0.5, 0.6) is 23.0 Å². The van der Waals surface area contributed by atoms with Gasteiger partial charge in [0, 0.05) is 17.3 Å². The van der Waals surface area contributed by atoms with E-state index in [0.717, 1.165) is 17.0 Å². The van der Waals surface area contributed by atoms with Crippen molar-refractivity contribution < 1.29 is 18.6 Å². The minimum Gasteiger partial charge on any atom is -0.497 e. The van der Waals surface area contributed by atoms with Gasteiger partial charge in [-0.2, -0.15) is 0 Å². The number of hydrogen-bond acceptors (Lipinski definition) is 7. The molecule has 1 atom stereocenters. The Labute approximate surface area is 187 Å². The molecule has 0 fully saturated rings. The molecule has 1 aromatic heterocycles. The molecule has 0 saturated heterocycles. The van der Waals surface area contributed by atoms with Gasteiger partial charge in [0.15, 0.2) is 11.5 Å². The van der Waals surface area contributed by atoms with Crippen LogP contribution in [0.1, 0.15) is 24.4 Å². The summed E-state index contributed by atoms with van der Waals surface area (Å²) in [6.45, 7) is 4.00. The number of nitrogens with zero attached hydrogens (tertiary/aromatic N) is 2. The lowest BCUT2D eigenvalue weighted by Crippen LogP contribution is -2.07. The molecule has 4 aromatic rings. The van der Waals surface area contributed by atoms with E-state index in [1.54, 1.807) is 14.2 Å². The molecule has 32 heavy (non-hydrogen) atoms. The van der Waals surface area contributed by atoms with E-state index in [4.69, 9.17) is 18.6 Å². The lowest BCUT2D eigenvalue weighted by Gasteiger charge is -2.15. The second-order valence-corrected chi connectivity index (χ2v) is 7.32. The van der Waals surface area contributed by atoms with Gasteiger partial charge in [0.05, 0.1) is 14.2 Å². The molecule has 7 nitrogen and oxygen atoms in total. The predicted octanol–water partition coefficient (Wildman–Crippen LogP) is 6.03. The lowest BCUT2D eigenvalue weighted by molar-refractivity contribution is 0.378. The van der Waals surface area contributed by atoms with Gasteiger partial charge in [0.2, 0.25) is 11.8 Å². The highest BCUT2D eigenvalue weighted by atomic mass is 16.5. The van der Waals surface area contributed by atoms with E-state index in [-0.39, 0.29) is 6.04 Å². The molecule has 1 unspecified atom stereocenters. The highest BCUT2D eigenvalue weighted by Gasteiger charge is 2.16. The van der Waals surface area contributed by atoms with Crippen molar-refractivity contribution in [2.75, 3.05) is 19.5 Å². The molecule has 1 heterocycles. The molecule has 1 N–H and O–H groups in total. The zero-order valence-corrected chi connectivity index (χ0v) is 18.5. The molecular formula is C25H25N3O4. The Morgan fingerprint density at radius 1 is 0.812 bits per heavy atom. The van der Waals surface area contributed by atoms with Crippen LogP contribution in [0.25, 0.3) is 11.5 Å². The third-order valence-corrected chi connectivity index (χ3v) is 4.94. The van der Waals surface area contributed by atoms with Crippen molar-refractivity contribution in [3.05, 3.63) is 78.2 Å². The SMILES string of the molecule is COc1ccc(Oc2cc(NC(C)c3nnc(-c4ccc(C)cc4)o3)ccc2OC)cc1. The fourth-order valence-corrected chi connectivity index (χ4v) is 3.15. The number of nitrogens with one attached hydrogen (secondary N) is 1. The van der Waals surface area contributed by atoms with Crippen LogP contribution in [0.15, 0.2) is 71.1 Å². The van der Waals surface area contributed by atoms with Crippen molar-refractivity contribution in [3.63, 3.8) is 0 Å². The van der Waals surface area contributed by atoms with E-state index in [0.29, 0.717) is 29.0 Å². The Balaban J connectivity index is 1.50. The minimum atomic E-state index is -0.205. The van der Waals surface area contributed by atoms with Gasteiger partial charge in [-0.05, 0) is 62.4 Å². The predicted molar refractivity (Wildman–Crippen MR) is 123 cm³/mol. The Hall–Kier alpha value is -4.00. The van der Waals surface area contributed by atoms with Gasteiger partial charge in [0.1, 0.15) is 17.5 Å². The van der Waals surface area contributed by atoms with E-state index < -0.39 is 0 Å². The summed E-state index contributed by atoms with van der Waals surface area (Å²) in [6.07, 6.45) is 0. The average Bonchev–Trinajstić information content (AvgIpc) is 3.31. The van der Waals surface area contributed by atoms with Gasteiger partial charge >= 0.3 is 0 Å². The van der Waals surface area contributed by atoms with Crippen LogP contribution >= 0.6 is 0 Å². The largest absolute Gasteiger partial charge is 0.497 e. The Morgan fingerprint density at radius 3 is 2.22 bits per heavy atom. The first kappa shape index (κ1) is 21.2. The summed E-state index contributed by atoms with van der Waals surface area (Å²) in [5.74, 6) is 3.63. The molecule has 0 radical (unpaired) electrons. The number of aromatic nitrogens is 2. The Kier molecular flexibility index (Phi) is 6.26.